The maximum Gasteiger partial charge on any atom is 0.435 e. The predicted octanol–water partition coefficient (Wildman–Crippen LogP) is 5.95. The molecule has 0 fully saturated rings. The molecule has 14 heteroatoms. The molecule has 1 atom stereocenters. The van der Waals surface area contributed by atoms with Gasteiger partial charge in [0.05, 0.1) is 12.3 Å². The van der Waals surface area contributed by atoms with E-state index in [0.717, 1.165) is 12.1 Å². The lowest BCUT2D eigenvalue weighted by molar-refractivity contribution is -0.275. The molecular formula is C26H19ClF7N3O3. The molecule has 6 nitrogen and oxygen atoms in total. The first-order valence-corrected chi connectivity index (χ1v) is 11.9. The van der Waals surface area contributed by atoms with Crippen LogP contribution < -0.4 is 10.6 Å². The van der Waals surface area contributed by atoms with Gasteiger partial charge < -0.3 is 15.5 Å². The number of carbonyl (C=O) groups excluding carboxylic acids is 2. The van der Waals surface area contributed by atoms with Gasteiger partial charge in [0.1, 0.15) is 13.2 Å². The molecule has 0 saturated heterocycles. The Bertz CT molecular complexity index is 1490. The van der Waals surface area contributed by atoms with Crippen LogP contribution >= 0.6 is 11.6 Å². The summed E-state index contributed by atoms with van der Waals surface area (Å²) in [7, 11) is 0. The first kappa shape index (κ1) is 29.1. The summed E-state index contributed by atoms with van der Waals surface area (Å²) in [5, 5.41) is 8.07. The van der Waals surface area contributed by atoms with Crippen molar-refractivity contribution in [3.05, 3.63) is 81.9 Å². The smallest absolute Gasteiger partial charge is 0.374 e. The Balaban J connectivity index is 1.63. The maximum absolute atomic E-state index is 14.4. The Morgan fingerprint density at radius 2 is 1.68 bits per heavy atom. The number of hydrogen-bond acceptors (Lipinski definition) is 4. The Morgan fingerprint density at radius 3 is 2.33 bits per heavy atom. The Morgan fingerprint density at radius 1 is 0.975 bits per heavy atom. The number of rotatable bonds is 7. The maximum atomic E-state index is 14.4. The number of fused-ring (bicyclic) bond motifs is 1. The van der Waals surface area contributed by atoms with Crippen molar-refractivity contribution in [3.63, 3.8) is 0 Å². The number of amides is 2. The van der Waals surface area contributed by atoms with E-state index in [0.29, 0.717) is 5.39 Å². The van der Waals surface area contributed by atoms with Gasteiger partial charge in [-0.2, -0.15) is 26.3 Å². The summed E-state index contributed by atoms with van der Waals surface area (Å²) < 4.78 is 93.4. The van der Waals surface area contributed by atoms with Gasteiger partial charge in [0.25, 0.3) is 11.5 Å². The lowest BCUT2D eigenvalue weighted by atomic mass is 9.84. The van der Waals surface area contributed by atoms with Gasteiger partial charge in [-0.3, -0.25) is 9.59 Å². The van der Waals surface area contributed by atoms with Gasteiger partial charge in [-0.25, -0.2) is 4.39 Å². The number of benzene rings is 3. The van der Waals surface area contributed by atoms with Gasteiger partial charge in [0, 0.05) is 28.1 Å². The molecule has 0 aliphatic carbocycles. The Hall–Kier alpha value is -3.87. The second-order valence-electron chi connectivity index (χ2n) is 8.89. The molecule has 2 N–H and O–H groups in total. The normalized spacial score (nSPS) is 17.4. The van der Waals surface area contributed by atoms with Crippen molar-refractivity contribution >= 4 is 39.9 Å². The highest BCUT2D eigenvalue weighted by molar-refractivity contribution is 6.30. The number of oxime groups is 1. The van der Waals surface area contributed by atoms with Gasteiger partial charge in [-0.05, 0) is 40.6 Å². The Labute approximate surface area is 227 Å². The van der Waals surface area contributed by atoms with Gasteiger partial charge in [-0.15, -0.1) is 0 Å². The number of alkyl halides is 7. The number of carbonyl (C=O) groups is 2. The molecule has 1 aliphatic rings. The summed E-state index contributed by atoms with van der Waals surface area (Å²) >= 11 is 5.94. The first-order valence-electron chi connectivity index (χ1n) is 11.6. The third-order valence-electron chi connectivity index (χ3n) is 6.14. The zero-order chi connectivity index (χ0) is 29.3. The molecule has 0 spiro atoms. The van der Waals surface area contributed by atoms with Crippen molar-refractivity contribution in [2.45, 2.75) is 31.0 Å². The SMILES string of the molecule is O=C(CNC(=O)c1ccc(C2=NO[C@@](c3cc(Cl)cc(CF)c3)(C(F)(F)F)C2)c2ccccc12)NCC(F)(F)F. The van der Waals surface area contributed by atoms with Crippen LogP contribution in [0.15, 0.2) is 59.8 Å². The minimum atomic E-state index is -4.97. The van der Waals surface area contributed by atoms with Gasteiger partial charge in [-0.1, -0.05) is 47.1 Å². The van der Waals surface area contributed by atoms with E-state index < -0.39 is 61.5 Å². The lowest BCUT2D eigenvalue weighted by Crippen LogP contribution is -2.42. The van der Waals surface area contributed by atoms with Crippen molar-refractivity contribution in [2.24, 2.45) is 5.16 Å². The number of nitrogens with zero attached hydrogens (tertiary/aromatic N) is 1. The number of hydrogen-bond donors (Lipinski definition) is 2. The van der Waals surface area contributed by atoms with Crippen LogP contribution in [0.1, 0.15) is 33.5 Å². The van der Waals surface area contributed by atoms with Crippen LogP contribution in [0.2, 0.25) is 5.02 Å². The van der Waals surface area contributed by atoms with E-state index in [-0.39, 0.29) is 32.8 Å². The third kappa shape index (κ3) is 5.98. The monoisotopic (exact) mass is 589 g/mol. The molecule has 0 radical (unpaired) electrons. The molecule has 0 saturated carbocycles. The van der Waals surface area contributed by atoms with Crippen LogP contribution in [-0.4, -0.2) is 43.0 Å². The molecule has 0 bridgehead atoms. The van der Waals surface area contributed by atoms with Crippen molar-refractivity contribution in [1.82, 2.24) is 10.6 Å². The summed E-state index contributed by atoms with van der Waals surface area (Å²) in [4.78, 5) is 29.4. The van der Waals surface area contributed by atoms with E-state index in [2.05, 4.69) is 10.5 Å². The second-order valence-corrected chi connectivity index (χ2v) is 9.33. The fraction of sp³-hybridized carbons (Fsp3) is 0.269. The van der Waals surface area contributed by atoms with Crippen LogP contribution in [0.25, 0.3) is 10.8 Å². The van der Waals surface area contributed by atoms with Gasteiger partial charge in [0.15, 0.2) is 0 Å². The molecule has 4 rings (SSSR count). The highest BCUT2D eigenvalue weighted by Gasteiger charge is 2.62. The third-order valence-corrected chi connectivity index (χ3v) is 6.36. The zero-order valence-electron chi connectivity index (χ0n) is 20.2. The van der Waals surface area contributed by atoms with E-state index in [9.17, 15) is 40.3 Å². The molecular weight excluding hydrogens is 571 g/mol. The fourth-order valence-corrected chi connectivity index (χ4v) is 4.53. The minimum Gasteiger partial charge on any atom is -0.374 e. The van der Waals surface area contributed by atoms with E-state index in [1.807, 2.05) is 0 Å². The largest absolute Gasteiger partial charge is 0.435 e. The van der Waals surface area contributed by atoms with Crippen LogP contribution in [0.5, 0.6) is 0 Å². The standard InChI is InChI=1S/C26H19ClF7N3O3/c27-16-8-14(11-28)7-15(9-16)24(26(32,33)34)10-21(37-40-24)19-5-6-20(18-4-2-1-3-17(18)19)23(39)35-12-22(38)36-13-25(29,30)31/h1-9H,10-13H2,(H,35,39)(H,36,38)/t24-/m0/s1. The molecule has 0 aromatic heterocycles. The molecule has 3 aromatic carbocycles. The van der Waals surface area contributed by atoms with Crippen LogP contribution in [0.4, 0.5) is 30.7 Å². The summed E-state index contributed by atoms with van der Waals surface area (Å²) in [6.07, 6.45) is -10.4. The van der Waals surface area contributed by atoms with Crippen molar-refractivity contribution in [1.29, 1.82) is 0 Å². The lowest BCUT2D eigenvalue weighted by Gasteiger charge is -2.30. The zero-order valence-corrected chi connectivity index (χ0v) is 21.0. The van der Waals surface area contributed by atoms with Gasteiger partial charge >= 0.3 is 12.4 Å². The molecule has 2 amide bonds. The molecule has 3 aromatic rings. The average molecular weight is 590 g/mol. The van der Waals surface area contributed by atoms with E-state index in [4.69, 9.17) is 16.4 Å². The first-order chi connectivity index (χ1) is 18.7. The Kier molecular flexibility index (Phi) is 7.97. The van der Waals surface area contributed by atoms with Crippen LogP contribution in [0, 0.1) is 0 Å². The van der Waals surface area contributed by atoms with Crippen molar-refractivity contribution in [2.75, 3.05) is 13.1 Å². The topological polar surface area (TPSA) is 79.8 Å². The molecule has 40 heavy (non-hydrogen) atoms. The van der Waals surface area contributed by atoms with Crippen molar-refractivity contribution in [3.8, 4) is 0 Å². The second kappa shape index (κ2) is 11.0. The highest BCUT2D eigenvalue weighted by atomic mass is 35.5. The van der Waals surface area contributed by atoms with Crippen molar-refractivity contribution < 1.29 is 45.2 Å². The van der Waals surface area contributed by atoms with E-state index in [1.165, 1.54) is 30.3 Å². The van der Waals surface area contributed by atoms with Crippen LogP contribution in [0.3, 0.4) is 0 Å². The molecule has 0 unspecified atom stereocenters. The summed E-state index contributed by atoms with van der Waals surface area (Å²) in [6.45, 7) is -3.35. The van der Waals surface area contributed by atoms with E-state index >= 15 is 0 Å². The molecule has 1 heterocycles. The highest BCUT2D eigenvalue weighted by Crippen LogP contribution is 2.50. The number of nitrogens with one attached hydrogen (secondary N) is 2. The minimum absolute atomic E-state index is 0.0204. The number of halogens is 8. The average Bonchev–Trinajstić information content (AvgIpc) is 3.36. The van der Waals surface area contributed by atoms with Crippen LogP contribution in [-0.2, 0) is 21.9 Å². The van der Waals surface area contributed by atoms with E-state index in [1.54, 1.807) is 17.4 Å². The summed E-state index contributed by atoms with van der Waals surface area (Å²) in [5.74, 6) is -1.86. The predicted molar refractivity (Wildman–Crippen MR) is 132 cm³/mol. The quantitative estimate of drug-likeness (QED) is 0.334. The summed E-state index contributed by atoms with van der Waals surface area (Å²) in [6, 6.07) is 12.1. The van der Waals surface area contributed by atoms with Gasteiger partial charge in [0.2, 0.25) is 5.91 Å². The molecule has 1 aliphatic heterocycles. The molecule has 212 valence electrons. The summed E-state index contributed by atoms with van der Waals surface area (Å²) in [5.41, 5.74) is -3.31. The fourth-order valence-electron chi connectivity index (χ4n) is 4.27.